The van der Waals surface area contributed by atoms with Crippen LogP contribution in [0.4, 0.5) is 0 Å². The van der Waals surface area contributed by atoms with Crippen LogP contribution in [-0.4, -0.2) is 0 Å². The van der Waals surface area contributed by atoms with E-state index in [1.807, 2.05) is 11.3 Å². The zero-order valence-electron chi connectivity index (χ0n) is 9.25. The number of hydrogen-bond acceptors (Lipinski definition) is 1. The Labute approximate surface area is 103 Å². The van der Waals surface area contributed by atoms with Crippen LogP contribution in [0.15, 0.2) is 29.6 Å². The van der Waals surface area contributed by atoms with Crippen molar-refractivity contribution in [3.8, 4) is 0 Å². The molecule has 1 aromatic carbocycles. The van der Waals surface area contributed by atoms with Gasteiger partial charge >= 0.3 is 0 Å². The SMILES string of the molecule is CC(C)(C)C(Br)c1csc2ccccc12. The molecule has 0 N–H and O–H groups in total. The minimum absolute atomic E-state index is 0.254. The molecule has 0 nitrogen and oxygen atoms in total. The normalized spacial score (nSPS) is 14.4. The van der Waals surface area contributed by atoms with Gasteiger partial charge in [-0.25, -0.2) is 0 Å². The number of halogens is 1. The minimum Gasteiger partial charge on any atom is -0.143 e. The fraction of sp³-hybridized carbons (Fsp3) is 0.385. The molecule has 1 heterocycles. The van der Waals surface area contributed by atoms with E-state index in [-0.39, 0.29) is 5.41 Å². The molecule has 2 rings (SSSR count). The van der Waals surface area contributed by atoms with E-state index in [1.165, 1.54) is 15.6 Å². The number of hydrogen-bond donors (Lipinski definition) is 0. The standard InChI is InChI=1S/C13H15BrS/c1-13(2,3)12(14)10-8-15-11-7-5-4-6-9(10)11/h4-8,12H,1-3H3. The summed E-state index contributed by atoms with van der Waals surface area (Å²) in [5.41, 5.74) is 1.67. The summed E-state index contributed by atoms with van der Waals surface area (Å²) in [7, 11) is 0. The smallest absolute Gasteiger partial charge is 0.0458 e. The number of rotatable bonds is 1. The van der Waals surface area contributed by atoms with Crippen molar-refractivity contribution in [2.45, 2.75) is 25.6 Å². The van der Waals surface area contributed by atoms with Crippen molar-refractivity contribution in [1.29, 1.82) is 0 Å². The van der Waals surface area contributed by atoms with E-state index in [0.717, 1.165) is 0 Å². The molecule has 0 bridgehead atoms. The van der Waals surface area contributed by atoms with E-state index in [0.29, 0.717) is 4.83 Å². The van der Waals surface area contributed by atoms with Crippen LogP contribution in [0.1, 0.15) is 31.2 Å². The zero-order chi connectivity index (χ0) is 11.1. The minimum atomic E-state index is 0.254. The molecule has 0 aliphatic carbocycles. The van der Waals surface area contributed by atoms with Crippen LogP contribution in [-0.2, 0) is 0 Å². The molecule has 0 aliphatic rings. The van der Waals surface area contributed by atoms with Gasteiger partial charge in [0.15, 0.2) is 0 Å². The molecule has 2 aromatic rings. The molecule has 15 heavy (non-hydrogen) atoms. The Morgan fingerprint density at radius 2 is 1.87 bits per heavy atom. The Bertz CT molecular complexity index is 465. The number of fused-ring (bicyclic) bond motifs is 1. The fourth-order valence-corrected chi connectivity index (χ4v) is 3.20. The van der Waals surface area contributed by atoms with Gasteiger partial charge in [-0.15, -0.1) is 11.3 Å². The summed E-state index contributed by atoms with van der Waals surface area (Å²) in [4.78, 5) is 0.418. The lowest BCUT2D eigenvalue weighted by Gasteiger charge is -2.25. The van der Waals surface area contributed by atoms with Gasteiger partial charge in [0, 0.05) is 9.53 Å². The first-order valence-electron chi connectivity index (χ1n) is 5.10. The highest BCUT2D eigenvalue weighted by molar-refractivity contribution is 9.09. The van der Waals surface area contributed by atoms with Crippen molar-refractivity contribution in [1.82, 2.24) is 0 Å². The van der Waals surface area contributed by atoms with Gasteiger partial charge in [0.2, 0.25) is 0 Å². The number of benzene rings is 1. The second-order valence-electron chi connectivity index (χ2n) is 4.92. The molecule has 0 saturated carbocycles. The van der Waals surface area contributed by atoms with Gasteiger partial charge in [0.25, 0.3) is 0 Å². The Balaban J connectivity index is 2.53. The molecule has 80 valence electrons. The van der Waals surface area contributed by atoms with Crippen molar-refractivity contribution in [2.75, 3.05) is 0 Å². The predicted molar refractivity (Wildman–Crippen MR) is 72.9 cm³/mol. The van der Waals surface area contributed by atoms with Crippen LogP contribution in [0.5, 0.6) is 0 Å². The largest absolute Gasteiger partial charge is 0.143 e. The highest BCUT2D eigenvalue weighted by atomic mass is 79.9. The Hall–Kier alpha value is -0.340. The Morgan fingerprint density at radius 3 is 2.53 bits per heavy atom. The van der Waals surface area contributed by atoms with Crippen molar-refractivity contribution < 1.29 is 0 Å². The van der Waals surface area contributed by atoms with E-state index < -0.39 is 0 Å². The second-order valence-corrected chi connectivity index (χ2v) is 6.74. The molecule has 0 saturated heterocycles. The number of thiophene rings is 1. The fourth-order valence-electron chi connectivity index (χ4n) is 1.66. The third-order valence-electron chi connectivity index (χ3n) is 2.54. The molecule has 0 spiro atoms. The van der Waals surface area contributed by atoms with Crippen molar-refractivity contribution in [3.05, 3.63) is 35.2 Å². The molecular weight excluding hydrogens is 268 g/mol. The summed E-state index contributed by atoms with van der Waals surface area (Å²) in [5.74, 6) is 0. The third-order valence-corrected chi connectivity index (χ3v) is 5.39. The first kappa shape index (κ1) is 11.2. The maximum absolute atomic E-state index is 3.81. The average Bonchev–Trinajstić information content (AvgIpc) is 2.58. The monoisotopic (exact) mass is 282 g/mol. The Morgan fingerprint density at radius 1 is 1.20 bits per heavy atom. The van der Waals surface area contributed by atoms with Crippen molar-refractivity contribution in [3.63, 3.8) is 0 Å². The van der Waals surface area contributed by atoms with Crippen LogP contribution < -0.4 is 0 Å². The second kappa shape index (κ2) is 3.91. The summed E-state index contributed by atoms with van der Waals surface area (Å²) in [6, 6.07) is 8.61. The molecule has 0 amide bonds. The lowest BCUT2D eigenvalue weighted by atomic mass is 9.88. The van der Waals surface area contributed by atoms with E-state index in [2.05, 4.69) is 66.3 Å². The molecule has 1 aromatic heterocycles. The van der Waals surface area contributed by atoms with Crippen molar-refractivity contribution in [2.24, 2.45) is 5.41 Å². The summed E-state index contributed by atoms with van der Waals surface area (Å²) in [6.45, 7) is 6.79. The first-order chi connectivity index (χ1) is 7.00. The van der Waals surface area contributed by atoms with Crippen LogP contribution >= 0.6 is 27.3 Å². The molecular formula is C13H15BrS. The number of alkyl halides is 1. The van der Waals surface area contributed by atoms with Gasteiger partial charge < -0.3 is 0 Å². The summed E-state index contributed by atoms with van der Waals surface area (Å²) < 4.78 is 1.38. The van der Waals surface area contributed by atoms with Gasteiger partial charge in [0.05, 0.1) is 0 Å². The van der Waals surface area contributed by atoms with Gasteiger partial charge in [-0.1, -0.05) is 54.9 Å². The summed E-state index contributed by atoms with van der Waals surface area (Å²) in [6.07, 6.45) is 0. The van der Waals surface area contributed by atoms with Crippen LogP contribution in [0, 0.1) is 5.41 Å². The molecule has 0 aliphatic heterocycles. The van der Waals surface area contributed by atoms with Crippen molar-refractivity contribution >= 4 is 37.4 Å². The van der Waals surface area contributed by atoms with Gasteiger partial charge in [-0.3, -0.25) is 0 Å². The van der Waals surface area contributed by atoms with E-state index >= 15 is 0 Å². The predicted octanol–water partition coefficient (Wildman–Crippen LogP) is 5.38. The molecule has 1 unspecified atom stereocenters. The maximum Gasteiger partial charge on any atom is 0.0458 e. The summed E-state index contributed by atoms with van der Waals surface area (Å²) >= 11 is 5.64. The van der Waals surface area contributed by atoms with E-state index in [1.54, 1.807) is 0 Å². The van der Waals surface area contributed by atoms with Crippen LogP contribution in [0.2, 0.25) is 0 Å². The molecule has 0 radical (unpaired) electrons. The lowest BCUT2D eigenvalue weighted by Crippen LogP contribution is -2.12. The topological polar surface area (TPSA) is 0 Å². The quantitative estimate of drug-likeness (QED) is 0.616. The highest BCUT2D eigenvalue weighted by Crippen LogP contribution is 2.44. The van der Waals surface area contributed by atoms with E-state index in [9.17, 15) is 0 Å². The van der Waals surface area contributed by atoms with E-state index in [4.69, 9.17) is 0 Å². The maximum atomic E-state index is 3.81. The van der Waals surface area contributed by atoms with Gasteiger partial charge in [-0.2, -0.15) is 0 Å². The van der Waals surface area contributed by atoms with Gasteiger partial charge in [0.1, 0.15) is 0 Å². The van der Waals surface area contributed by atoms with Crippen LogP contribution in [0.25, 0.3) is 10.1 Å². The molecule has 1 atom stereocenters. The molecule has 0 fully saturated rings. The molecule has 2 heteroatoms. The highest BCUT2D eigenvalue weighted by Gasteiger charge is 2.25. The lowest BCUT2D eigenvalue weighted by molar-refractivity contribution is 0.409. The van der Waals surface area contributed by atoms with Gasteiger partial charge in [-0.05, 0) is 27.8 Å². The first-order valence-corrected chi connectivity index (χ1v) is 6.90. The summed E-state index contributed by atoms with van der Waals surface area (Å²) in [5, 5.41) is 3.66. The Kier molecular flexibility index (Phi) is 2.91. The van der Waals surface area contributed by atoms with Crippen LogP contribution in [0.3, 0.4) is 0 Å². The zero-order valence-corrected chi connectivity index (χ0v) is 11.7. The third kappa shape index (κ3) is 2.11. The average molecular weight is 283 g/mol.